The van der Waals surface area contributed by atoms with Crippen molar-refractivity contribution in [2.45, 2.75) is 59.0 Å². The van der Waals surface area contributed by atoms with Crippen molar-refractivity contribution >= 4 is 16.7 Å². The molecule has 0 spiro atoms. The largest absolute Gasteiger partial charge is 0.496 e. The fourth-order valence-electron chi connectivity index (χ4n) is 5.73. The Morgan fingerprint density at radius 3 is 2.89 bits per heavy atom. The monoisotopic (exact) mass is 472 g/mol. The van der Waals surface area contributed by atoms with E-state index in [-0.39, 0.29) is 23.8 Å². The second kappa shape index (κ2) is 9.21. The summed E-state index contributed by atoms with van der Waals surface area (Å²) in [7, 11) is 1.55. The van der Waals surface area contributed by atoms with Gasteiger partial charge in [0.2, 0.25) is 0 Å². The zero-order valence-corrected chi connectivity index (χ0v) is 20.8. The lowest BCUT2D eigenvalue weighted by atomic mass is 9.92. The number of hydrogen-bond donors (Lipinski definition) is 1. The second-order valence-corrected chi connectivity index (χ2v) is 9.63. The fourth-order valence-corrected chi connectivity index (χ4v) is 5.73. The van der Waals surface area contributed by atoms with Crippen LogP contribution < -0.4 is 10.3 Å². The van der Waals surface area contributed by atoms with Crippen LogP contribution in [0.1, 0.15) is 58.9 Å². The van der Waals surface area contributed by atoms with E-state index in [2.05, 4.69) is 45.2 Å². The van der Waals surface area contributed by atoms with Gasteiger partial charge >= 0.3 is 0 Å². The second-order valence-electron chi connectivity index (χ2n) is 9.63. The minimum absolute atomic E-state index is 0.0484. The van der Waals surface area contributed by atoms with Gasteiger partial charge in [0.05, 0.1) is 12.7 Å². The predicted molar refractivity (Wildman–Crippen MR) is 136 cm³/mol. The summed E-state index contributed by atoms with van der Waals surface area (Å²) >= 11 is 0. The first kappa shape index (κ1) is 23.1. The summed E-state index contributed by atoms with van der Waals surface area (Å²) in [4.78, 5) is 33.4. The van der Waals surface area contributed by atoms with Crippen molar-refractivity contribution in [3.8, 4) is 5.75 Å². The molecule has 35 heavy (non-hydrogen) atoms. The van der Waals surface area contributed by atoms with Gasteiger partial charge in [-0.2, -0.15) is 0 Å². The van der Waals surface area contributed by atoms with E-state index >= 15 is 0 Å². The van der Waals surface area contributed by atoms with Crippen LogP contribution in [0.25, 0.3) is 10.9 Å². The van der Waals surface area contributed by atoms with Crippen molar-refractivity contribution in [2.24, 2.45) is 5.92 Å². The Labute approximate surface area is 204 Å². The minimum Gasteiger partial charge on any atom is -0.496 e. The van der Waals surface area contributed by atoms with E-state index in [1.54, 1.807) is 13.2 Å². The maximum Gasteiger partial charge on any atom is 0.255 e. The van der Waals surface area contributed by atoms with Gasteiger partial charge in [-0.3, -0.25) is 9.59 Å². The molecule has 3 aromatic heterocycles. The van der Waals surface area contributed by atoms with Gasteiger partial charge in [-0.15, -0.1) is 0 Å². The van der Waals surface area contributed by atoms with Crippen LogP contribution in [-0.4, -0.2) is 32.0 Å². The van der Waals surface area contributed by atoms with Crippen LogP contribution in [-0.2, 0) is 19.4 Å². The molecule has 182 valence electrons. The number of benzene rings is 1. The average Bonchev–Trinajstić information content (AvgIpc) is 3.43. The quantitative estimate of drug-likeness (QED) is 0.392. The van der Waals surface area contributed by atoms with Crippen molar-refractivity contribution in [3.63, 3.8) is 0 Å². The average molecular weight is 473 g/mol. The van der Waals surface area contributed by atoms with Gasteiger partial charge < -0.3 is 18.9 Å². The van der Waals surface area contributed by atoms with Gasteiger partial charge in [0.25, 0.3) is 5.56 Å². The molecule has 0 saturated heterocycles. The molecular formula is C28H32N4O3. The summed E-state index contributed by atoms with van der Waals surface area (Å²) < 4.78 is 10.0. The van der Waals surface area contributed by atoms with Crippen molar-refractivity contribution in [3.05, 3.63) is 81.4 Å². The molecule has 1 aliphatic rings. The molecule has 0 bridgehead atoms. The van der Waals surface area contributed by atoms with Crippen LogP contribution in [0, 0.1) is 19.8 Å². The Morgan fingerprint density at radius 1 is 1.29 bits per heavy atom. The first-order valence-corrected chi connectivity index (χ1v) is 12.3. The summed E-state index contributed by atoms with van der Waals surface area (Å²) in [6.07, 6.45) is 6.56. The van der Waals surface area contributed by atoms with Gasteiger partial charge in [-0.05, 0) is 51.7 Å². The maximum absolute atomic E-state index is 13.6. The van der Waals surface area contributed by atoms with E-state index in [9.17, 15) is 9.59 Å². The number of nitrogens with zero attached hydrogens (tertiary/aromatic N) is 3. The molecule has 1 aliphatic heterocycles. The number of fused-ring (bicyclic) bond motifs is 2. The third-order valence-electron chi connectivity index (χ3n) is 7.55. The van der Waals surface area contributed by atoms with E-state index in [0.29, 0.717) is 23.7 Å². The smallest absolute Gasteiger partial charge is 0.255 e. The molecule has 0 saturated carbocycles. The van der Waals surface area contributed by atoms with Crippen molar-refractivity contribution in [1.29, 1.82) is 0 Å². The number of rotatable bonds is 7. The van der Waals surface area contributed by atoms with Crippen LogP contribution in [0.4, 0.5) is 0 Å². The van der Waals surface area contributed by atoms with Crippen molar-refractivity contribution in [1.82, 2.24) is 19.1 Å². The molecule has 0 amide bonds. The Morgan fingerprint density at radius 2 is 2.09 bits per heavy atom. The zero-order chi connectivity index (χ0) is 24.7. The normalized spacial score (nSPS) is 16.3. The van der Waals surface area contributed by atoms with Crippen LogP contribution >= 0.6 is 0 Å². The first-order chi connectivity index (χ1) is 16.9. The lowest BCUT2D eigenvalue weighted by Gasteiger charge is -2.31. The molecule has 0 fully saturated rings. The molecule has 4 aromatic rings. The van der Waals surface area contributed by atoms with Gasteiger partial charge in [-0.1, -0.05) is 18.2 Å². The van der Waals surface area contributed by atoms with Gasteiger partial charge in [0.15, 0.2) is 5.78 Å². The molecule has 0 aliphatic carbocycles. The predicted octanol–water partition coefficient (Wildman–Crippen LogP) is 4.79. The molecule has 1 aromatic carbocycles. The number of carbonyl (C=O) groups excluding carboxylic acids is 1. The number of H-pyrrole nitrogens is 1. The number of nitrogens with one attached hydrogen (secondary N) is 1. The zero-order valence-electron chi connectivity index (χ0n) is 20.8. The van der Waals surface area contributed by atoms with Gasteiger partial charge in [0.1, 0.15) is 11.6 Å². The number of hydrogen-bond acceptors (Lipinski definition) is 4. The number of methoxy groups -OCH3 is 1. The number of imidazole rings is 1. The number of ether oxygens (including phenoxy) is 1. The fraction of sp³-hybridized carbons (Fsp3) is 0.393. The third kappa shape index (κ3) is 4.09. The summed E-state index contributed by atoms with van der Waals surface area (Å²) in [6, 6.07) is 10.2. The number of aromatic amines is 1. The van der Waals surface area contributed by atoms with E-state index in [0.717, 1.165) is 53.1 Å². The maximum atomic E-state index is 13.6. The number of aromatic nitrogens is 4. The number of pyridine rings is 1. The van der Waals surface area contributed by atoms with E-state index < -0.39 is 0 Å². The molecule has 1 unspecified atom stereocenters. The lowest BCUT2D eigenvalue weighted by molar-refractivity contribution is 0.0983. The summed E-state index contributed by atoms with van der Waals surface area (Å²) in [5, 5.41) is 0.978. The van der Waals surface area contributed by atoms with Crippen molar-refractivity contribution in [2.75, 3.05) is 7.11 Å². The Hall–Kier alpha value is -3.61. The SMILES string of the molecule is COc1cc(C)[nH]c(=O)c1CCC(=O)c1c(C)n([C@H](C)C2CCc3nccn3C2)c2ccccc12. The minimum atomic E-state index is -0.196. The van der Waals surface area contributed by atoms with Crippen molar-refractivity contribution < 1.29 is 9.53 Å². The molecular weight excluding hydrogens is 440 g/mol. The Bertz CT molecular complexity index is 1460. The van der Waals surface area contributed by atoms with E-state index in [1.807, 2.05) is 31.3 Å². The number of para-hydroxylation sites is 1. The molecule has 2 atom stereocenters. The first-order valence-electron chi connectivity index (χ1n) is 12.3. The highest BCUT2D eigenvalue weighted by Gasteiger charge is 2.29. The van der Waals surface area contributed by atoms with E-state index in [1.165, 1.54) is 0 Å². The molecule has 5 rings (SSSR count). The Kier molecular flexibility index (Phi) is 6.09. The standard InChI is InChI=1S/C28H32N4O3/c1-17-15-25(35-4)22(28(34)30-17)10-11-24(33)27-19(3)32(23-8-6-5-7-21(23)27)18(2)20-9-12-26-29-13-14-31(26)16-20/h5-8,13-15,18,20H,9-12,16H2,1-4H3,(H,30,34)/t18-,20?/m1/s1. The third-order valence-corrected chi connectivity index (χ3v) is 7.55. The highest BCUT2D eigenvalue weighted by atomic mass is 16.5. The number of aryl methyl sites for hydroxylation is 2. The van der Waals surface area contributed by atoms with Gasteiger partial charge in [0, 0.05) is 65.7 Å². The van der Waals surface area contributed by atoms with Crippen LogP contribution in [0.15, 0.2) is 47.5 Å². The number of ketones is 1. The summed E-state index contributed by atoms with van der Waals surface area (Å²) in [6.45, 7) is 7.06. The topological polar surface area (TPSA) is 81.9 Å². The Balaban J connectivity index is 1.46. The van der Waals surface area contributed by atoms with Crippen LogP contribution in [0.2, 0.25) is 0 Å². The summed E-state index contributed by atoms with van der Waals surface area (Å²) in [5.74, 6) is 2.18. The number of Topliss-reactive ketones (excluding diaryl/α,β-unsaturated/α-hetero) is 1. The van der Waals surface area contributed by atoms with Gasteiger partial charge in [-0.25, -0.2) is 4.98 Å². The van der Waals surface area contributed by atoms with Crippen LogP contribution in [0.5, 0.6) is 5.75 Å². The highest BCUT2D eigenvalue weighted by molar-refractivity contribution is 6.09. The highest BCUT2D eigenvalue weighted by Crippen LogP contribution is 2.36. The molecule has 1 N–H and O–H groups in total. The van der Waals surface area contributed by atoms with E-state index in [4.69, 9.17) is 4.74 Å². The summed E-state index contributed by atoms with van der Waals surface area (Å²) in [5.41, 5.74) is 3.89. The number of carbonyl (C=O) groups is 1. The molecule has 7 nitrogen and oxygen atoms in total. The lowest BCUT2D eigenvalue weighted by Crippen LogP contribution is -2.27. The van der Waals surface area contributed by atoms with Crippen LogP contribution in [0.3, 0.4) is 0 Å². The molecule has 4 heterocycles. The molecule has 0 radical (unpaired) electrons. The molecule has 7 heteroatoms.